The number of aromatic nitrogens is 1. The smallest absolute Gasteiger partial charge is 0.261 e. The molecule has 2 aromatic heterocycles. The SMILES string of the molecule is O=C(c1ccc(-c2ccco2)[nH]c1=O)N1CCC[C@H]2CCCC[C@H]21. The second kappa shape index (κ2) is 6.30. The maximum absolute atomic E-state index is 13.0. The molecule has 0 bridgehead atoms. The molecule has 0 aromatic carbocycles. The fraction of sp³-hybridized carbons (Fsp3) is 0.474. The summed E-state index contributed by atoms with van der Waals surface area (Å²) in [5.41, 5.74) is 0.485. The molecule has 0 unspecified atom stereocenters. The number of rotatable bonds is 2. The van der Waals surface area contributed by atoms with Crippen molar-refractivity contribution in [3.63, 3.8) is 0 Å². The van der Waals surface area contributed by atoms with Gasteiger partial charge in [0.2, 0.25) is 0 Å². The normalized spacial score (nSPS) is 23.8. The lowest BCUT2D eigenvalue weighted by molar-refractivity contribution is 0.0389. The number of likely N-dealkylation sites (tertiary alicyclic amines) is 1. The summed E-state index contributed by atoms with van der Waals surface area (Å²) in [7, 11) is 0. The average molecular weight is 326 g/mol. The van der Waals surface area contributed by atoms with Gasteiger partial charge in [-0.3, -0.25) is 9.59 Å². The standard InChI is InChI=1S/C19H22N2O3/c22-18-14(9-10-15(20-18)17-8-4-12-24-17)19(23)21-11-3-6-13-5-1-2-7-16(13)21/h4,8-10,12-13,16H,1-3,5-7,11H2,(H,20,22)/t13-,16-/m1/s1. The number of aromatic amines is 1. The maximum atomic E-state index is 13.0. The summed E-state index contributed by atoms with van der Waals surface area (Å²) in [6.07, 6.45) is 8.53. The van der Waals surface area contributed by atoms with Crippen LogP contribution in [-0.4, -0.2) is 28.4 Å². The van der Waals surface area contributed by atoms with Crippen LogP contribution in [0.2, 0.25) is 0 Å². The van der Waals surface area contributed by atoms with Crippen molar-refractivity contribution in [2.24, 2.45) is 5.92 Å². The molecule has 1 amide bonds. The van der Waals surface area contributed by atoms with Crippen molar-refractivity contribution in [1.29, 1.82) is 0 Å². The van der Waals surface area contributed by atoms with Gasteiger partial charge in [0.15, 0.2) is 0 Å². The van der Waals surface area contributed by atoms with Crippen LogP contribution in [0.5, 0.6) is 0 Å². The number of carbonyl (C=O) groups excluding carboxylic acids is 1. The zero-order valence-corrected chi connectivity index (χ0v) is 13.7. The first-order valence-corrected chi connectivity index (χ1v) is 8.82. The fourth-order valence-corrected chi connectivity index (χ4v) is 4.25. The van der Waals surface area contributed by atoms with Gasteiger partial charge in [-0.25, -0.2) is 0 Å². The molecule has 1 saturated heterocycles. The van der Waals surface area contributed by atoms with E-state index in [2.05, 4.69) is 4.98 Å². The summed E-state index contributed by atoms with van der Waals surface area (Å²) >= 11 is 0. The molecular formula is C19H22N2O3. The van der Waals surface area contributed by atoms with E-state index in [1.807, 2.05) is 4.90 Å². The van der Waals surface area contributed by atoms with Gasteiger partial charge in [0.1, 0.15) is 11.3 Å². The van der Waals surface area contributed by atoms with E-state index in [0.29, 0.717) is 23.4 Å². The first-order chi connectivity index (χ1) is 11.7. The summed E-state index contributed by atoms with van der Waals surface area (Å²) < 4.78 is 5.30. The molecule has 5 nitrogen and oxygen atoms in total. The van der Waals surface area contributed by atoms with Crippen LogP contribution >= 0.6 is 0 Å². The molecule has 2 aliphatic rings. The minimum atomic E-state index is -0.341. The van der Waals surface area contributed by atoms with Crippen molar-refractivity contribution < 1.29 is 9.21 Å². The lowest BCUT2D eigenvalue weighted by atomic mass is 9.78. The predicted octanol–water partition coefficient (Wildman–Crippen LogP) is 3.43. The Morgan fingerprint density at radius 2 is 1.96 bits per heavy atom. The van der Waals surface area contributed by atoms with Gasteiger partial charge in [0.05, 0.1) is 12.0 Å². The Hall–Kier alpha value is -2.30. The zero-order chi connectivity index (χ0) is 16.5. The van der Waals surface area contributed by atoms with Crippen LogP contribution in [-0.2, 0) is 0 Å². The Kier molecular flexibility index (Phi) is 4.00. The zero-order valence-electron chi connectivity index (χ0n) is 13.7. The third-order valence-electron chi connectivity index (χ3n) is 5.43. The summed E-state index contributed by atoms with van der Waals surface area (Å²) in [5, 5.41) is 0. The fourth-order valence-electron chi connectivity index (χ4n) is 4.25. The number of pyridine rings is 1. The summed E-state index contributed by atoms with van der Waals surface area (Å²) in [6.45, 7) is 0.763. The maximum Gasteiger partial charge on any atom is 0.261 e. The van der Waals surface area contributed by atoms with Crippen LogP contribution in [0.1, 0.15) is 48.9 Å². The molecule has 3 heterocycles. The number of piperidine rings is 1. The molecule has 2 aromatic rings. The Labute approximate surface area is 140 Å². The Morgan fingerprint density at radius 1 is 1.12 bits per heavy atom. The third-order valence-corrected chi connectivity index (χ3v) is 5.43. The van der Waals surface area contributed by atoms with Crippen LogP contribution in [0.4, 0.5) is 0 Å². The van der Waals surface area contributed by atoms with Crippen molar-refractivity contribution >= 4 is 5.91 Å². The monoisotopic (exact) mass is 326 g/mol. The van der Waals surface area contributed by atoms with E-state index in [0.717, 1.165) is 19.4 Å². The first-order valence-electron chi connectivity index (χ1n) is 8.82. The van der Waals surface area contributed by atoms with Crippen molar-refractivity contribution in [3.05, 3.63) is 46.4 Å². The number of fused-ring (bicyclic) bond motifs is 1. The van der Waals surface area contributed by atoms with Crippen LogP contribution < -0.4 is 5.56 Å². The van der Waals surface area contributed by atoms with Gasteiger partial charge in [0.25, 0.3) is 11.5 Å². The molecule has 24 heavy (non-hydrogen) atoms. The number of nitrogens with one attached hydrogen (secondary N) is 1. The van der Waals surface area contributed by atoms with E-state index in [9.17, 15) is 9.59 Å². The van der Waals surface area contributed by atoms with E-state index >= 15 is 0 Å². The second-order valence-corrected chi connectivity index (χ2v) is 6.84. The van der Waals surface area contributed by atoms with E-state index in [4.69, 9.17) is 4.42 Å². The molecule has 1 aliphatic heterocycles. The van der Waals surface area contributed by atoms with E-state index in [1.54, 1.807) is 30.5 Å². The van der Waals surface area contributed by atoms with Crippen LogP contribution in [0, 0.1) is 5.92 Å². The molecule has 5 heteroatoms. The second-order valence-electron chi connectivity index (χ2n) is 6.84. The number of hydrogen-bond acceptors (Lipinski definition) is 3. The van der Waals surface area contributed by atoms with Crippen molar-refractivity contribution in [3.8, 4) is 11.5 Å². The lowest BCUT2D eigenvalue weighted by Gasteiger charge is -2.44. The van der Waals surface area contributed by atoms with Crippen molar-refractivity contribution in [1.82, 2.24) is 9.88 Å². The highest BCUT2D eigenvalue weighted by molar-refractivity contribution is 5.94. The average Bonchev–Trinajstić information content (AvgIpc) is 3.15. The largest absolute Gasteiger partial charge is 0.463 e. The third kappa shape index (κ3) is 2.68. The van der Waals surface area contributed by atoms with Gasteiger partial charge < -0.3 is 14.3 Å². The molecule has 4 rings (SSSR count). The van der Waals surface area contributed by atoms with Crippen LogP contribution in [0.15, 0.2) is 39.7 Å². The highest BCUT2D eigenvalue weighted by atomic mass is 16.3. The molecule has 0 radical (unpaired) electrons. The highest BCUT2D eigenvalue weighted by Crippen LogP contribution is 2.35. The predicted molar refractivity (Wildman–Crippen MR) is 90.8 cm³/mol. The van der Waals surface area contributed by atoms with Gasteiger partial charge in [-0.05, 0) is 55.9 Å². The minimum absolute atomic E-state index is 0.126. The molecule has 126 valence electrons. The summed E-state index contributed by atoms with van der Waals surface area (Å²) in [4.78, 5) is 30.1. The number of H-pyrrole nitrogens is 1. The first kappa shape index (κ1) is 15.2. The van der Waals surface area contributed by atoms with Crippen LogP contribution in [0.25, 0.3) is 11.5 Å². The molecule has 1 N–H and O–H groups in total. The molecule has 0 spiro atoms. The van der Waals surface area contributed by atoms with E-state index in [1.165, 1.54) is 25.7 Å². The van der Waals surface area contributed by atoms with Crippen LogP contribution in [0.3, 0.4) is 0 Å². The molecule has 2 atom stereocenters. The van der Waals surface area contributed by atoms with Gasteiger partial charge in [0, 0.05) is 12.6 Å². The van der Waals surface area contributed by atoms with E-state index in [-0.39, 0.29) is 17.0 Å². The molecule has 1 saturated carbocycles. The van der Waals surface area contributed by atoms with Gasteiger partial charge in [-0.1, -0.05) is 12.8 Å². The summed E-state index contributed by atoms with van der Waals surface area (Å²) in [5.74, 6) is 1.08. The number of nitrogens with zero attached hydrogens (tertiary/aromatic N) is 1. The Balaban J connectivity index is 1.61. The Morgan fingerprint density at radius 3 is 2.75 bits per heavy atom. The number of furan rings is 1. The molecular weight excluding hydrogens is 304 g/mol. The Bertz CT molecular complexity index is 776. The number of hydrogen-bond donors (Lipinski definition) is 1. The highest BCUT2D eigenvalue weighted by Gasteiger charge is 2.36. The van der Waals surface area contributed by atoms with E-state index < -0.39 is 0 Å². The van der Waals surface area contributed by atoms with Gasteiger partial charge in [-0.15, -0.1) is 0 Å². The quantitative estimate of drug-likeness (QED) is 0.919. The summed E-state index contributed by atoms with van der Waals surface area (Å²) in [6, 6.07) is 7.23. The van der Waals surface area contributed by atoms with Crippen molar-refractivity contribution in [2.45, 2.75) is 44.6 Å². The molecule has 2 fully saturated rings. The van der Waals surface area contributed by atoms with Crippen molar-refractivity contribution in [2.75, 3.05) is 6.54 Å². The minimum Gasteiger partial charge on any atom is -0.463 e. The lowest BCUT2D eigenvalue weighted by Crippen LogP contribution is -2.50. The number of amides is 1. The van der Waals surface area contributed by atoms with Gasteiger partial charge >= 0.3 is 0 Å². The number of carbonyl (C=O) groups is 1. The topological polar surface area (TPSA) is 66.3 Å². The van der Waals surface area contributed by atoms with Gasteiger partial charge in [-0.2, -0.15) is 0 Å². The molecule has 1 aliphatic carbocycles.